The minimum atomic E-state index is -2.89. The van der Waals surface area contributed by atoms with Crippen LogP contribution in [0.3, 0.4) is 0 Å². The van der Waals surface area contributed by atoms with Gasteiger partial charge in [-0.15, -0.1) is 0 Å². The first kappa shape index (κ1) is 23.7. The van der Waals surface area contributed by atoms with E-state index in [1.807, 2.05) is 12.1 Å². The van der Waals surface area contributed by atoms with E-state index < -0.39 is 6.61 Å². The van der Waals surface area contributed by atoms with Crippen molar-refractivity contribution in [1.29, 1.82) is 0 Å². The topological polar surface area (TPSA) is 76.6 Å². The Bertz CT molecular complexity index is 1380. The summed E-state index contributed by atoms with van der Waals surface area (Å²) in [7, 11) is 2.13. The van der Waals surface area contributed by atoms with Crippen LogP contribution in [0.1, 0.15) is 5.56 Å². The van der Waals surface area contributed by atoms with E-state index in [0.29, 0.717) is 23.5 Å². The number of hydrogen-bond acceptors (Lipinski definition) is 7. The lowest BCUT2D eigenvalue weighted by molar-refractivity contribution is -0.0498. The van der Waals surface area contributed by atoms with Gasteiger partial charge in [0.1, 0.15) is 5.75 Å². The number of halogens is 2. The molecule has 8 nitrogen and oxygen atoms in total. The maximum absolute atomic E-state index is 12.6. The van der Waals surface area contributed by atoms with Crippen molar-refractivity contribution in [1.82, 2.24) is 19.6 Å². The molecule has 2 aromatic carbocycles. The van der Waals surface area contributed by atoms with Crippen LogP contribution in [0, 0.1) is 0 Å². The Morgan fingerprint density at radius 1 is 1.00 bits per heavy atom. The highest BCUT2D eigenvalue weighted by molar-refractivity contribution is 5.59. The quantitative estimate of drug-likeness (QED) is 0.386. The van der Waals surface area contributed by atoms with Crippen LogP contribution in [0.5, 0.6) is 5.75 Å². The van der Waals surface area contributed by atoms with Gasteiger partial charge in [0.25, 0.3) is 11.4 Å². The Hall–Kier alpha value is -4.05. The first-order chi connectivity index (χ1) is 17.4. The Morgan fingerprint density at radius 2 is 1.75 bits per heavy atom. The Kier molecular flexibility index (Phi) is 6.77. The molecular weight excluding hydrogens is 468 g/mol. The second kappa shape index (κ2) is 10.3. The molecule has 186 valence electrons. The number of nitrogens with zero attached hydrogens (tertiary/aromatic N) is 5. The van der Waals surface area contributed by atoms with Crippen LogP contribution in [0.2, 0.25) is 0 Å². The van der Waals surface area contributed by atoms with Crippen molar-refractivity contribution < 1.29 is 18.0 Å². The predicted octanol–water partition coefficient (Wildman–Crippen LogP) is 3.97. The highest BCUT2D eigenvalue weighted by Crippen LogP contribution is 2.25. The molecule has 3 heterocycles. The normalized spacial score (nSPS) is 14.4. The van der Waals surface area contributed by atoms with Gasteiger partial charge in [0.05, 0.1) is 6.54 Å². The first-order valence-corrected chi connectivity index (χ1v) is 11.6. The lowest BCUT2D eigenvalue weighted by atomic mass is 10.1. The van der Waals surface area contributed by atoms with Crippen LogP contribution in [0.25, 0.3) is 22.8 Å². The zero-order valence-corrected chi connectivity index (χ0v) is 19.7. The van der Waals surface area contributed by atoms with Gasteiger partial charge in [-0.2, -0.15) is 13.8 Å². The van der Waals surface area contributed by atoms with Crippen LogP contribution < -0.4 is 15.2 Å². The van der Waals surface area contributed by atoms with Crippen LogP contribution in [-0.2, 0) is 6.54 Å². The molecule has 2 aromatic heterocycles. The average molecular weight is 494 g/mol. The van der Waals surface area contributed by atoms with Gasteiger partial charge in [-0.3, -0.25) is 4.79 Å². The molecule has 0 amide bonds. The smallest absolute Gasteiger partial charge is 0.387 e. The molecule has 0 atom stereocenters. The zero-order chi connectivity index (χ0) is 25.1. The van der Waals surface area contributed by atoms with Gasteiger partial charge >= 0.3 is 6.61 Å². The van der Waals surface area contributed by atoms with Crippen molar-refractivity contribution in [3.63, 3.8) is 0 Å². The van der Waals surface area contributed by atoms with E-state index in [4.69, 9.17) is 4.52 Å². The van der Waals surface area contributed by atoms with E-state index in [2.05, 4.69) is 43.9 Å². The predicted molar refractivity (Wildman–Crippen MR) is 131 cm³/mol. The van der Waals surface area contributed by atoms with Crippen molar-refractivity contribution >= 4 is 5.69 Å². The number of aromatic nitrogens is 3. The minimum Gasteiger partial charge on any atom is -0.435 e. The molecule has 0 N–H and O–H groups in total. The fourth-order valence-corrected chi connectivity index (χ4v) is 4.14. The SMILES string of the molecule is CN1CCN(c2cccc(Cn3cc(-c4noc(-c5ccc(OC(F)F)cc5)n4)ccc3=O)c2)CC1. The first-order valence-electron chi connectivity index (χ1n) is 11.6. The van der Waals surface area contributed by atoms with Gasteiger partial charge in [-0.1, -0.05) is 17.3 Å². The highest BCUT2D eigenvalue weighted by atomic mass is 19.3. The summed E-state index contributed by atoms with van der Waals surface area (Å²) in [6.07, 6.45) is 1.71. The van der Waals surface area contributed by atoms with Crippen LogP contribution in [0.15, 0.2) is 76.2 Å². The minimum absolute atomic E-state index is 0.0391. The van der Waals surface area contributed by atoms with Gasteiger partial charge < -0.3 is 23.6 Å². The lowest BCUT2D eigenvalue weighted by Gasteiger charge is -2.34. The van der Waals surface area contributed by atoms with E-state index >= 15 is 0 Å². The largest absolute Gasteiger partial charge is 0.435 e. The van der Waals surface area contributed by atoms with Crippen molar-refractivity contribution in [2.45, 2.75) is 13.2 Å². The Morgan fingerprint density at radius 3 is 2.50 bits per heavy atom. The number of hydrogen-bond donors (Lipinski definition) is 0. The number of likely N-dealkylation sites (N-methyl/N-ethyl adjacent to an activating group) is 1. The molecule has 0 bridgehead atoms. The van der Waals surface area contributed by atoms with E-state index in [1.165, 1.54) is 18.2 Å². The number of rotatable bonds is 7. The second-order valence-corrected chi connectivity index (χ2v) is 8.67. The number of benzene rings is 2. The van der Waals surface area contributed by atoms with Crippen LogP contribution >= 0.6 is 0 Å². The van der Waals surface area contributed by atoms with Gasteiger partial charge in [-0.25, -0.2) is 0 Å². The Balaban J connectivity index is 1.33. The molecular formula is C26H25F2N5O3. The molecule has 1 fully saturated rings. The number of alkyl halides is 2. The molecule has 1 aliphatic heterocycles. The summed E-state index contributed by atoms with van der Waals surface area (Å²) < 4.78 is 36.1. The van der Waals surface area contributed by atoms with Gasteiger partial charge in [0.15, 0.2) is 0 Å². The molecule has 36 heavy (non-hydrogen) atoms. The maximum atomic E-state index is 12.6. The highest BCUT2D eigenvalue weighted by Gasteiger charge is 2.15. The molecule has 5 rings (SSSR count). The number of ether oxygens (including phenoxy) is 1. The lowest BCUT2D eigenvalue weighted by Crippen LogP contribution is -2.44. The molecule has 4 aromatic rings. The third-order valence-corrected chi connectivity index (χ3v) is 6.13. The molecule has 0 spiro atoms. The summed E-state index contributed by atoms with van der Waals surface area (Å²) in [5.74, 6) is 0.585. The van der Waals surface area contributed by atoms with E-state index in [0.717, 1.165) is 37.4 Å². The summed E-state index contributed by atoms with van der Waals surface area (Å²) in [5.41, 5.74) is 3.21. The fourth-order valence-electron chi connectivity index (χ4n) is 4.14. The van der Waals surface area contributed by atoms with E-state index in [1.54, 1.807) is 29.0 Å². The van der Waals surface area contributed by atoms with Gasteiger partial charge in [0.2, 0.25) is 5.82 Å². The molecule has 1 saturated heterocycles. The molecule has 0 aliphatic carbocycles. The number of pyridine rings is 1. The summed E-state index contributed by atoms with van der Waals surface area (Å²) in [5, 5.41) is 4.03. The van der Waals surface area contributed by atoms with Crippen molar-refractivity contribution in [3.05, 3.63) is 82.8 Å². The van der Waals surface area contributed by atoms with Crippen molar-refractivity contribution in [3.8, 4) is 28.6 Å². The molecule has 0 radical (unpaired) electrons. The maximum Gasteiger partial charge on any atom is 0.387 e. The number of anilines is 1. The summed E-state index contributed by atoms with van der Waals surface area (Å²) in [4.78, 5) is 21.7. The number of piperazine rings is 1. The van der Waals surface area contributed by atoms with Gasteiger partial charge in [-0.05, 0) is 55.1 Å². The molecule has 0 unspecified atom stereocenters. The van der Waals surface area contributed by atoms with Crippen LogP contribution in [0.4, 0.5) is 14.5 Å². The third kappa shape index (κ3) is 5.44. The van der Waals surface area contributed by atoms with Crippen molar-refractivity contribution in [2.24, 2.45) is 0 Å². The summed E-state index contributed by atoms with van der Waals surface area (Å²) in [6, 6.07) is 17.3. The summed E-state index contributed by atoms with van der Waals surface area (Å²) in [6.45, 7) is 1.49. The monoisotopic (exact) mass is 493 g/mol. The van der Waals surface area contributed by atoms with Crippen LogP contribution in [-0.4, -0.2) is 59.4 Å². The zero-order valence-electron chi connectivity index (χ0n) is 19.7. The van der Waals surface area contributed by atoms with Gasteiger partial charge in [0, 0.05) is 55.3 Å². The standard InChI is InChI=1S/C26H25F2N5O3/c1-31-11-13-32(14-12-31)21-4-2-3-18(15-21)16-33-17-20(7-10-23(33)34)24-29-25(36-30-24)19-5-8-22(9-6-19)35-26(27)28/h2-10,15,17,26H,11-14,16H2,1H3. The van der Waals surface area contributed by atoms with E-state index in [9.17, 15) is 13.6 Å². The van der Waals surface area contributed by atoms with E-state index in [-0.39, 0.29) is 17.2 Å². The average Bonchev–Trinajstić information content (AvgIpc) is 3.36. The van der Waals surface area contributed by atoms with Crippen molar-refractivity contribution in [2.75, 3.05) is 38.1 Å². The Labute approximate surface area is 206 Å². The molecule has 10 heteroatoms. The fraction of sp³-hybridized carbons (Fsp3) is 0.269. The molecule has 1 aliphatic rings. The molecule has 0 saturated carbocycles. The third-order valence-electron chi connectivity index (χ3n) is 6.13. The summed E-state index contributed by atoms with van der Waals surface area (Å²) >= 11 is 0. The second-order valence-electron chi connectivity index (χ2n) is 8.67.